The topological polar surface area (TPSA) is 64.9 Å². The van der Waals surface area contributed by atoms with E-state index in [1.807, 2.05) is 6.07 Å². The van der Waals surface area contributed by atoms with Crippen molar-refractivity contribution in [2.75, 3.05) is 11.5 Å². The number of pyridine rings is 1. The lowest BCUT2D eigenvalue weighted by molar-refractivity contribution is 0.828. The summed E-state index contributed by atoms with van der Waals surface area (Å²) in [5.41, 5.74) is 14.0. The van der Waals surface area contributed by atoms with E-state index in [2.05, 4.69) is 30.1 Å². The zero-order valence-electron chi connectivity index (χ0n) is 10.6. The van der Waals surface area contributed by atoms with Gasteiger partial charge in [0.1, 0.15) is 5.82 Å². The second-order valence-corrected chi connectivity index (χ2v) is 5.89. The summed E-state index contributed by atoms with van der Waals surface area (Å²) in [6.07, 6.45) is 1.53. The first-order chi connectivity index (χ1) is 9.06. The third-order valence-corrected chi connectivity index (χ3v) is 4.05. The maximum Gasteiger partial charge on any atom is 0.128 e. The van der Waals surface area contributed by atoms with E-state index >= 15 is 0 Å². The SMILES string of the molecule is Cc1cccc(SCC(N)c2cc(Cl)cnc2N)c1. The fourth-order valence-corrected chi connectivity index (χ4v) is 2.91. The Morgan fingerprint density at radius 2 is 2.16 bits per heavy atom. The maximum absolute atomic E-state index is 6.15. The molecule has 100 valence electrons. The van der Waals surface area contributed by atoms with Crippen LogP contribution in [-0.2, 0) is 0 Å². The molecule has 0 fully saturated rings. The van der Waals surface area contributed by atoms with E-state index in [-0.39, 0.29) is 6.04 Å². The number of nitrogens with zero attached hydrogens (tertiary/aromatic N) is 1. The molecule has 5 heteroatoms. The van der Waals surface area contributed by atoms with Crippen LogP contribution in [0.2, 0.25) is 5.02 Å². The van der Waals surface area contributed by atoms with Crippen molar-refractivity contribution in [1.82, 2.24) is 4.98 Å². The Labute approximate surface area is 122 Å². The molecule has 1 unspecified atom stereocenters. The molecule has 4 N–H and O–H groups in total. The molecular weight excluding hydrogens is 278 g/mol. The fraction of sp³-hybridized carbons (Fsp3) is 0.214. The summed E-state index contributed by atoms with van der Waals surface area (Å²) in [5.74, 6) is 1.18. The van der Waals surface area contributed by atoms with Crippen molar-refractivity contribution in [3.05, 3.63) is 52.7 Å². The Hall–Kier alpha value is -1.23. The third-order valence-electron chi connectivity index (χ3n) is 2.73. The van der Waals surface area contributed by atoms with Gasteiger partial charge in [-0.25, -0.2) is 4.98 Å². The zero-order valence-corrected chi connectivity index (χ0v) is 12.2. The molecule has 0 aliphatic rings. The second-order valence-electron chi connectivity index (χ2n) is 4.36. The highest BCUT2D eigenvalue weighted by Gasteiger charge is 2.12. The number of halogens is 1. The number of thioether (sulfide) groups is 1. The van der Waals surface area contributed by atoms with Gasteiger partial charge in [-0.05, 0) is 25.1 Å². The molecule has 0 amide bonds. The van der Waals surface area contributed by atoms with Crippen LogP contribution in [0.5, 0.6) is 0 Å². The van der Waals surface area contributed by atoms with Gasteiger partial charge in [-0.15, -0.1) is 11.8 Å². The molecule has 2 aromatic rings. The van der Waals surface area contributed by atoms with Gasteiger partial charge in [0.2, 0.25) is 0 Å². The van der Waals surface area contributed by atoms with Crippen molar-refractivity contribution >= 4 is 29.2 Å². The van der Waals surface area contributed by atoms with Crippen LogP contribution in [0, 0.1) is 6.92 Å². The van der Waals surface area contributed by atoms with Gasteiger partial charge in [0.25, 0.3) is 0 Å². The van der Waals surface area contributed by atoms with Crippen molar-refractivity contribution in [2.45, 2.75) is 17.9 Å². The monoisotopic (exact) mass is 293 g/mol. The summed E-state index contributed by atoms with van der Waals surface area (Å²) in [6, 6.07) is 9.92. The van der Waals surface area contributed by atoms with E-state index < -0.39 is 0 Å². The first-order valence-corrected chi connectivity index (χ1v) is 7.28. The van der Waals surface area contributed by atoms with Crippen molar-refractivity contribution < 1.29 is 0 Å². The number of rotatable bonds is 4. The lowest BCUT2D eigenvalue weighted by atomic mass is 10.1. The zero-order chi connectivity index (χ0) is 13.8. The standard InChI is InChI=1S/C14H16ClN3S/c1-9-3-2-4-11(5-9)19-8-13(16)12-6-10(15)7-18-14(12)17/h2-7,13H,8,16H2,1H3,(H2,17,18). The molecule has 19 heavy (non-hydrogen) atoms. The first-order valence-electron chi connectivity index (χ1n) is 5.92. The Morgan fingerprint density at radius 3 is 2.89 bits per heavy atom. The van der Waals surface area contributed by atoms with Crippen molar-refractivity contribution in [3.8, 4) is 0 Å². The van der Waals surface area contributed by atoms with E-state index in [9.17, 15) is 0 Å². The predicted octanol–water partition coefficient (Wildman–Crippen LogP) is 3.42. The van der Waals surface area contributed by atoms with Crippen LogP contribution < -0.4 is 11.5 Å². The van der Waals surface area contributed by atoms with Crippen LogP contribution >= 0.6 is 23.4 Å². The van der Waals surface area contributed by atoms with Crippen molar-refractivity contribution in [2.24, 2.45) is 5.73 Å². The van der Waals surface area contributed by atoms with Crippen LogP contribution in [0.15, 0.2) is 41.4 Å². The van der Waals surface area contributed by atoms with E-state index in [1.165, 1.54) is 16.7 Å². The van der Waals surface area contributed by atoms with Gasteiger partial charge in [0.05, 0.1) is 5.02 Å². The lowest BCUT2D eigenvalue weighted by Crippen LogP contribution is -2.15. The second kappa shape index (κ2) is 6.28. The van der Waals surface area contributed by atoms with Gasteiger partial charge < -0.3 is 11.5 Å². The Balaban J connectivity index is 2.05. The van der Waals surface area contributed by atoms with Gasteiger partial charge >= 0.3 is 0 Å². The van der Waals surface area contributed by atoms with Crippen LogP contribution in [0.1, 0.15) is 17.2 Å². The highest BCUT2D eigenvalue weighted by molar-refractivity contribution is 7.99. The van der Waals surface area contributed by atoms with Crippen LogP contribution in [-0.4, -0.2) is 10.7 Å². The smallest absolute Gasteiger partial charge is 0.128 e. The van der Waals surface area contributed by atoms with E-state index in [4.69, 9.17) is 23.1 Å². The predicted molar refractivity (Wildman–Crippen MR) is 82.5 cm³/mol. The number of nitrogen functional groups attached to an aromatic ring is 1. The number of nitrogens with two attached hydrogens (primary N) is 2. The number of anilines is 1. The Kier molecular flexibility index (Phi) is 4.69. The number of hydrogen-bond donors (Lipinski definition) is 2. The average molecular weight is 294 g/mol. The molecule has 0 radical (unpaired) electrons. The fourth-order valence-electron chi connectivity index (χ4n) is 1.74. The molecule has 1 aromatic carbocycles. The molecular formula is C14H16ClN3S. The van der Waals surface area contributed by atoms with E-state index in [0.29, 0.717) is 10.8 Å². The number of benzene rings is 1. The summed E-state index contributed by atoms with van der Waals surface area (Å²) in [6.45, 7) is 2.07. The van der Waals surface area contributed by atoms with Gasteiger partial charge in [-0.1, -0.05) is 29.3 Å². The molecule has 0 aliphatic heterocycles. The average Bonchev–Trinajstić information content (AvgIpc) is 2.39. The van der Waals surface area contributed by atoms with Crippen LogP contribution in [0.3, 0.4) is 0 Å². The van der Waals surface area contributed by atoms with E-state index in [0.717, 1.165) is 11.3 Å². The van der Waals surface area contributed by atoms with Crippen molar-refractivity contribution in [1.29, 1.82) is 0 Å². The van der Waals surface area contributed by atoms with Crippen LogP contribution in [0.25, 0.3) is 0 Å². The van der Waals surface area contributed by atoms with Gasteiger partial charge in [-0.3, -0.25) is 0 Å². The molecule has 1 aromatic heterocycles. The normalized spacial score (nSPS) is 12.4. The minimum Gasteiger partial charge on any atom is -0.383 e. The molecule has 0 aliphatic carbocycles. The van der Waals surface area contributed by atoms with Crippen molar-refractivity contribution in [3.63, 3.8) is 0 Å². The summed E-state index contributed by atoms with van der Waals surface area (Å²) >= 11 is 7.62. The highest BCUT2D eigenvalue weighted by atomic mass is 35.5. The lowest BCUT2D eigenvalue weighted by Gasteiger charge is -2.14. The summed E-state index contributed by atoms with van der Waals surface area (Å²) in [4.78, 5) is 5.22. The van der Waals surface area contributed by atoms with Crippen LogP contribution in [0.4, 0.5) is 5.82 Å². The Bertz CT molecular complexity index is 574. The minimum atomic E-state index is -0.184. The summed E-state index contributed by atoms with van der Waals surface area (Å²) in [5, 5.41) is 0.556. The molecule has 0 spiro atoms. The summed E-state index contributed by atoms with van der Waals surface area (Å²) < 4.78 is 0. The molecule has 0 bridgehead atoms. The molecule has 3 nitrogen and oxygen atoms in total. The summed E-state index contributed by atoms with van der Waals surface area (Å²) in [7, 11) is 0. The Morgan fingerprint density at radius 1 is 1.37 bits per heavy atom. The highest BCUT2D eigenvalue weighted by Crippen LogP contribution is 2.27. The maximum atomic E-state index is 6.15. The molecule has 0 saturated heterocycles. The molecule has 2 rings (SSSR count). The van der Waals surface area contributed by atoms with Gasteiger partial charge in [-0.2, -0.15) is 0 Å². The number of aryl methyl sites for hydroxylation is 1. The largest absolute Gasteiger partial charge is 0.383 e. The quantitative estimate of drug-likeness (QED) is 0.848. The number of hydrogen-bond acceptors (Lipinski definition) is 4. The molecule has 1 heterocycles. The molecule has 1 atom stereocenters. The minimum absolute atomic E-state index is 0.184. The third kappa shape index (κ3) is 3.86. The first kappa shape index (κ1) is 14.2. The van der Waals surface area contributed by atoms with E-state index in [1.54, 1.807) is 17.8 Å². The van der Waals surface area contributed by atoms with Gasteiger partial charge in [0, 0.05) is 28.5 Å². The number of aromatic nitrogens is 1. The van der Waals surface area contributed by atoms with Gasteiger partial charge in [0.15, 0.2) is 0 Å². The molecule has 0 saturated carbocycles.